The molecule has 103 heavy (non-hydrogen) atoms. The summed E-state index contributed by atoms with van der Waals surface area (Å²) in [5.41, 5.74) is 0. The molecule has 0 rings (SSSR count). The van der Waals surface area contributed by atoms with Crippen LogP contribution in [0.3, 0.4) is 0 Å². The highest BCUT2D eigenvalue weighted by Crippen LogP contribution is 2.45. The molecule has 5 atom stereocenters. The number of ether oxygens (including phenoxy) is 4. The molecule has 2 unspecified atom stereocenters. The normalized spacial score (nSPS) is 13.8. The van der Waals surface area contributed by atoms with E-state index in [1.165, 1.54) is 276 Å². The van der Waals surface area contributed by atoms with Gasteiger partial charge in [0.1, 0.15) is 19.3 Å². The van der Waals surface area contributed by atoms with E-state index in [4.69, 9.17) is 37.0 Å². The van der Waals surface area contributed by atoms with Crippen molar-refractivity contribution < 1.29 is 80.2 Å². The minimum atomic E-state index is -4.96. The van der Waals surface area contributed by atoms with E-state index in [1.54, 1.807) is 0 Å². The summed E-state index contributed by atoms with van der Waals surface area (Å²) in [4.78, 5) is 73.1. The first kappa shape index (κ1) is 101. The second-order valence-corrected chi connectivity index (χ2v) is 33.6. The summed E-state index contributed by atoms with van der Waals surface area (Å²) >= 11 is 0. The molecule has 0 fully saturated rings. The number of phosphoric acid groups is 2. The Morgan fingerprint density at radius 3 is 0.660 bits per heavy atom. The molecule has 0 aromatic carbocycles. The van der Waals surface area contributed by atoms with Gasteiger partial charge in [-0.25, -0.2) is 9.13 Å². The van der Waals surface area contributed by atoms with Gasteiger partial charge >= 0.3 is 39.5 Å². The van der Waals surface area contributed by atoms with Gasteiger partial charge in [0.2, 0.25) is 0 Å². The van der Waals surface area contributed by atoms with Gasteiger partial charge in [-0.3, -0.25) is 37.3 Å². The van der Waals surface area contributed by atoms with Gasteiger partial charge in [0.05, 0.1) is 26.4 Å². The second kappa shape index (κ2) is 76.8. The highest BCUT2D eigenvalue weighted by Gasteiger charge is 2.30. The molecule has 612 valence electrons. The molecule has 0 bridgehead atoms. The first-order valence-electron chi connectivity index (χ1n) is 43.6. The summed E-state index contributed by atoms with van der Waals surface area (Å²) in [5.74, 6) is -1.30. The number of aliphatic hydroxyl groups is 1. The summed E-state index contributed by atoms with van der Waals surface area (Å²) in [6.07, 6.45) is 69.3. The number of hydrogen-bond acceptors (Lipinski definition) is 15. The fourth-order valence-electron chi connectivity index (χ4n) is 13.1. The summed E-state index contributed by atoms with van der Waals surface area (Å²) in [5, 5.41) is 10.7. The molecule has 3 N–H and O–H groups in total. The predicted octanol–water partition coefficient (Wildman–Crippen LogP) is 25.6. The van der Waals surface area contributed by atoms with Crippen LogP contribution in [0.4, 0.5) is 0 Å². The van der Waals surface area contributed by atoms with Gasteiger partial charge in [-0.1, -0.05) is 401 Å². The number of esters is 4. The third-order valence-corrected chi connectivity index (χ3v) is 21.7. The van der Waals surface area contributed by atoms with E-state index >= 15 is 0 Å². The quantitative estimate of drug-likeness (QED) is 0.0222. The number of phosphoric ester groups is 2. The van der Waals surface area contributed by atoms with Crippen molar-refractivity contribution >= 4 is 39.5 Å². The fourth-order valence-corrected chi connectivity index (χ4v) is 14.7. The Bertz CT molecular complexity index is 1960. The highest BCUT2D eigenvalue weighted by molar-refractivity contribution is 7.47. The number of carbonyl (C=O) groups excluding carboxylic acids is 4. The molecule has 0 aromatic heterocycles. The van der Waals surface area contributed by atoms with Gasteiger partial charge in [-0.2, -0.15) is 0 Å². The van der Waals surface area contributed by atoms with E-state index in [2.05, 4.69) is 34.6 Å². The lowest BCUT2D eigenvalue weighted by Crippen LogP contribution is -2.30. The fraction of sp³-hybridized carbons (Fsp3) is 0.952. The van der Waals surface area contributed by atoms with E-state index in [1.807, 2.05) is 0 Å². The van der Waals surface area contributed by atoms with Gasteiger partial charge in [-0.05, 0) is 31.6 Å². The van der Waals surface area contributed by atoms with Crippen LogP contribution in [-0.2, 0) is 65.4 Å². The third-order valence-electron chi connectivity index (χ3n) is 19.8. The van der Waals surface area contributed by atoms with Crippen molar-refractivity contribution in [3.05, 3.63) is 0 Å². The molecule has 0 spiro atoms. The Kier molecular flexibility index (Phi) is 75.4. The Balaban J connectivity index is 5.23. The topological polar surface area (TPSA) is 237 Å². The maximum atomic E-state index is 13.1. The molecule has 19 heteroatoms. The zero-order valence-corrected chi connectivity index (χ0v) is 69.3. The Labute approximate surface area is 632 Å². The van der Waals surface area contributed by atoms with Crippen LogP contribution >= 0.6 is 15.6 Å². The maximum Gasteiger partial charge on any atom is 0.472 e. The van der Waals surface area contributed by atoms with Crippen molar-refractivity contribution in [3.63, 3.8) is 0 Å². The van der Waals surface area contributed by atoms with Gasteiger partial charge in [-0.15, -0.1) is 0 Å². The van der Waals surface area contributed by atoms with E-state index in [-0.39, 0.29) is 25.7 Å². The lowest BCUT2D eigenvalue weighted by Gasteiger charge is -2.21. The lowest BCUT2D eigenvalue weighted by atomic mass is 10.0. The van der Waals surface area contributed by atoms with E-state index in [0.29, 0.717) is 25.7 Å². The second-order valence-electron chi connectivity index (χ2n) is 30.7. The van der Waals surface area contributed by atoms with Gasteiger partial charge in [0.25, 0.3) is 0 Å². The van der Waals surface area contributed by atoms with Crippen LogP contribution in [0.1, 0.15) is 452 Å². The summed E-state index contributed by atoms with van der Waals surface area (Å²) in [7, 11) is -9.92. The minimum Gasteiger partial charge on any atom is -0.462 e. The minimum absolute atomic E-state index is 0.109. The number of rotatable bonds is 84. The maximum absolute atomic E-state index is 13.1. The molecule has 0 saturated heterocycles. The molecule has 0 aliphatic rings. The predicted molar refractivity (Wildman–Crippen MR) is 423 cm³/mol. The number of carbonyl (C=O) groups is 4. The monoisotopic (exact) mass is 1510 g/mol. The van der Waals surface area contributed by atoms with Crippen molar-refractivity contribution in [3.8, 4) is 0 Å². The van der Waals surface area contributed by atoms with Crippen LogP contribution in [0.25, 0.3) is 0 Å². The van der Waals surface area contributed by atoms with Crippen molar-refractivity contribution in [2.24, 2.45) is 5.92 Å². The highest BCUT2D eigenvalue weighted by atomic mass is 31.2. The molecule has 0 heterocycles. The van der Waals surface area contributed by atoms with E-state index in [9.17, 15) is 43.2 Å². The van der Waals surface area contributed by atoms with Crippen LogP contribution in [0.5, 0.6) is 0 Å². The Morgan fingerprint density at radius 2 is 0.447 bits per heavy atom. The molecule has 0 saturated carbocycles. The van der Waals surface area contributed by atoms with Gasteiger partial charge in [0.15, 0.2) is 12.2 Å². The third kappa shape index (κ3) is 78.0. The zero-order chi connectivity index (χ0) is 75.5. The molecule has 17 nitrogen and oxygen atoms in total. The summed E-state index contributed by atoms with van der Waals surface area (Å²) in [6, 6.07) is 0. The standard InChI is InChI=1S/C84H164O17P2/c1-6-9-12-15-18-21-24-26-28-29-30-31-32-33-34-40-45-50-55-60-65-70-84(89)101-80(74-95-82(87)68-63-58-53-48-43-39-36-35-37-42-46-51-56-61-66-77(4)5)76-99-103(92,93)97-72-78(85)71-96-102(90,91)98-75-79(73-94-81(86)67-62-57-52-47-41-23-20-17-14-11-8-3)100-83(88)69-64-59-54-49-44-38-27-25-22-19-16-13-10-7-2/h77-80,85H,6-76H2,1-5H3,(H,90,91)(H,92,93)/t78-,79+,80+/m0/s1. The molecular formula is C84H164O17P2. The Morgan fingerprint density at radius 1 is 0.262 bits per heavy atom. The van der Waals surface area contributed by atoms with Crippen molar-refractivity contribution in [1.82, 2.24) is 0 Å². The number of aliphatic hydroxyl groups excluding tert-OH is 1. The summed E-state index contributed by atoms with van der Waals surface area (Å²) in [6.45, 7) is 7.37. The van der Waals surface area contributed by atoms with Crippen LogP contribution < -0.4 is 0 Å². The smallest absolute Gasteiger partial charge is 0.462 e. The van der Waals surface area contributed by atoms with Crippen molar-refractivity contribution in [2.45, 2.75) is 470 Å². The SMILES string of the molecule is CCCCCCCCCCCCCCCCCCCCCCCC(=O)O[C@H](COC(=O)CCCCCCCCCCCCCCCCC(C)C)COP(=O)(O)OC[C@@H](O)COP(=O)(O)OC[C@@H](COC(=O)CCCCCCCCCCCCC)OC(=O)CCCCCCCCCCCCCCCC. The molecular weight excluding hydrogens is 1340 g/mol. The van der Waals surface area contributed by atoms with Crippen LogP contribution in [0.2, 0.25) is 0 Å². The first-order valence-corrected chi connectivity index (χ1v) is 46.6. The number of hydrogen-bond donors (Lipinski definition) is 3. The molecule has 0 aliphatic heterocycles. The van der Waals surface area contributed by atoms with Crippen LogP contribution in [0, 0.1) is 5.92 Å². The average molecular weight is 1510 g/mol. The van der Waals surface area contributed by atoms with Crippen LogP contribution in [0.15, 0.2) is 0 Å². The molecule has 0 amide bonds. The van der Waals surface area contributed by atoms with Crippen LogP contribution in [-0.4, -0.2) is 96.7 Å². The molecule has 0 radical (unpaired) electrons. The zero-order valence-electron chi connectivity index (χ0n) is 67.5. The average Bonchev–Trinajstić information content (AvgIpc) is 0.910. The lowest BCUT2D eigenvalue weighted by molar-refractivity contribution is -0.161. The van der Waals surface area contributed by atoms with E-state index < -0.39 is 97.5 Å². The van der Waals surface area contributed by atoms with Gasteiger partial charge in [0, 0.05) is 25.7 Å². The van der Waals surface area contributed by atoms with Crippen molar-refractivity contribution in [1.29, 1.82) is 0 Å². The first-order chi connectivity index (χ1) is 50.0. The molecule has 0 aliphatic carbocycles. The largest absolute Gasteiger partial charge is 0.472 e. The number of unbranched alkanes of at least 4 members (excludes halogenated alkanes) is 56. The van der Waals surface area contributed by atoms with Gasteiger partial charge < -0.3 is 33.8 Å². The van der Waals surface area contributed by atoms with E-state index in [0.717, 1.165) is 95.8 Å². The Hall–Kier alpha value is -1.94. The van der Waals surface area contributed by atoms with Crippen molar-refractivity contribution in [2.75, 3.05) is 39.6 Å². The summed E-state index contributed by atoms with van der Waals surface area (Å²) < 4.78 is 68.8. The molecule has 0 aromatic rings.